The van der Waals surface area contributed by atoms with E-state index >= 15 is 0 Å². The zero-order chi connectivity index (χ0) is 15.8. The molecule has 0 aromatic carbocycles. The summed E-state index contributed by atoms with van der Waals surface area (Å²) in [6.07, 6.45) is 5.08. The van der Waals surface area contributed by atoms with Gasteiger partial charge in [-0.25, -0.2) is 4.98 Å². The first kappa shape index (κ1) is 14.4. The lowest BCUT2D eigenvalue weighted by Gasteiger charge is -2.26. The first-order valence-electron chi connectivity index (χ1n) is 7.70. The summed E-state index contributed by atoms with van der Waals surface area (Å²) in [5.74, 6) is 1.05. The van der Waals surface area contributed by atoms with E-state index in [0.29, 0.717) is 6.04 Å². The summed E-state index contributed by atoms with van der Waals surface area (Å²) >= 11 is 1.62. The van der Waals surface area contributed by atoms with E-state index in [0.717, 1.165) is 52.3 Å². The molecule has 1 aliphatic carbocycles. The Kier molecular flexibility index (Phi) is 3.62. The molecule has 0 spiro atoms. The fraction of sp³-hybridized carbons (Fsp3) is 0.400. The first-order chi connectivity index (χ1) is 11.2. The average molecular weight is 330 g/mol. The highest BCUT2D eigenvalue weighted by molar-refractivity contribution is 7.22. The number of aromatic amines is 1. The largest absolute Gasteiger partial charge is 0.393 e. The van der Waals surface area contributed by atoms with Gasteiger partial charge in [-0.3, -0.25) is 5.10 Å². The van der Waals surface area contributed by atoms with Crippen molar-refractivity contribution in [2.45, 2.75) is 37.8 Å². The minimum absolute atomic E-state index is 0.169. The van der Waals surface area contributed by atoms with Crippen LogP contribution in [0.15, 0.2) is 18.3 Å². The molecule has 0 saturated heterocycles. The minimum atomic E-state index is -0.169. The number of rotatable bonds is 3. The number of thiophene rings is 1. The van der Waals surface area contributed by atoms with E-state index in [1.807, 2.05) is 12.1 Å². The van der Waals surface area contributed by atoms with Crippen molar-refractivity contribution in [3.8, 4) is 10.6 Å². The highest BCUT2D eigenvalue weighted by atomic mass is 32.1. The van der Waals surface area contributed by atoms with Crippen molar-refractivity contribution in [3.63, 3.8) is 0 Å². The molecule has 0 unspecified atom stereocenters. The summed E-state index contributed by atoms with van der Waals surface area (Å²) in [7, 11) is 0. The van der Waals surface area contributed by atoms with Gasteiger partial charge < -0.3 is 16.2 Å². The van der Waals surface area contributed by atoms with Gasteiger partial charge in [-0.15, -0.1) is 11.3 Å². The highest BCUT2D eigenvalue weighted by Crippen LogP contribution is 2.36. The molecule has 0 atom stereocenters. The number of anilines is 2. The molecular weight excluding hydrogens is 312 g/mol. The number of hydrogen-bond acceptors (Lipinski definition) is 7. The quantitative estimate of drug-likeness (QED) is 0.586. The smallest absolute Gasteiger partial charge is 0.222 e. The Labute approximate surface area is 137 Å². The molecule has 3 aromatic heterocycles. The fourth-order valence-corrected chi connectivity index (χ4v) is 4.01. The van der Waals surface area contributed by atoms with Crippen molar-refractivity contribution in [2.75, 3.05) is 11.1 Å². The first-order valence-corrected chi connectivity index (χ1v) is 8.52. The molecule has 3 heterocycles. The van der Waals surface area contributed by atoms with Gasteiger partial charge in [-0.05, 0) is 37.8 Å². The van der Waals surface area contributed by atoms with Gasteiger partial charge in [-0.2, -0.15) is 10.1 Å². The maximum atomic E-state index is 9.64. The second-order valence-corrected chi connectivity index (χ2v) is 6.93. The van der Waals surface area contributed by atoms with E-state index < -0.39 is 0 Å². The van der Waals surface area contributed by atoms with Crippen LogP contribution in [0.1, 0.15) is 25.7 Å². The van der Waals surface area contributed by atoms with E-state index in [4.69, 9.17) is 5.73 Å². The van der Waals surface area contributed by atoms with Crippen molar-refractivity contribution < 1.29 is 5.11 Å². The zero-order valence-corrected chi connectivity index (χ0v) is 13.3. The molecule has 1 saturated carbocycles. The molecule has 120 valence electrons. The van der Waals surface area contributed by atoms with Gasteiger partial charge in [-0.1, -0.05) is 0 Å². The molecule has 23 heavy (non-hydrogen) atoms. The lowest BCUT2D eigenvalue weighted by molar-refractivity contribution is 0.126. The lowest BCUT2D eigenvalue weighted by Crippen LogP contribution is -2.28. The Balaban J connectivity index is 1.68. The summed E-state index contributed by atoms with van der Waals surface area (Å²) in [6, 6.07) is 4.24. The summed E-state index contributed by atoms with van der Waals surface area (Å²) < 4.78 is 0.995. The lowest BCUT2D eigenvalue weighted by atomic mass is 9.93. The Bertz CT molecular complexity index is 807. The summed E-state index contributed by atoms with van der Waals surface area (Å²) in [5.41, 5.74) is 7.66. The van der Waals surface area contributed by atoms with E-state index in [9.17, 15) is 5.11 Å². The molecule has 5 N–H and O–H groups in total. The second kappa shape index (κ2) is 5.78. The third-order valence-corrected chi connectivity index (χ3v) is 5.36. The van der Waals surface area contributed by atoms with Gasteiger partial charge in [0.2, 0.25) is 5.95 Å². The number of aliphatic hydroxyl groups is 1. The van der Waals surface area contributed by atoms with Crippen LogP contribution in [0.4, 0.5) is 11.8 Å². The van der Waals surface area contributed by atoms with Crippen LogP contribution in [0.2, 0.25) is 0 Å². The molecular formula is C15H18N6OS. The van der Waals surface area contributed by atoms with Crippen LogP contribution < -0.4 is 11.1 Å². The van der Waals surface area contributed by atoms with Crippen LogP contribution in [-0.4, -0.2) is 37.4 Å². The molecule has 0 amide bonds. The van der Waals surface area contributed by atoms with Crippen molar-refractivity contribution in [2.24, 2.45) is 0 Å². The number of nitrogen functional groups attached to an aromatic ring is 1. The fourth-order valence-electron chi connectivity index (χ4n) is 2.99. The van der Waals surface area contributed by atoms with Crippen molar-refractivity contribution in [1.29, 1.82) is 0 Å². The molecule has 0 bridgehead atoms. The SMILES string of the molecule is Nc1nc(NC2CCC(O)CC2)c2sc(-c3ccn[nH]3)cc2n1. The van der Waals surface area contributed by atoms with Crippen molar-refractivity contribution >= 4 is 33.3 Å². The van der Waals surface area contributed by atoms with E-state index in [1.54, 1.807) is 17.5 Å². The van der Waals surface area contributed by atoms with Crippen LogP contribution in [-0.2, 0) is 0 Å². The summed E-state index contributed by atoms with van der Waals surface area (Å²) in [5, 5.41) is 20.1. The van der Waals surface area contributed by atoms with Crippen LogP contribution in [0, 0.1) is 0 Å². The van der Waals surface area contributed by atoms with Crippen molar-refractivity contribution in [1.82, 2.24) is 20.2 Å². The third kappa shape index (κ3) is 2.87. The maximum Gasteiger partial charge on any atom is 0.222 e. The van der Waals surface area contributed by atoms with Gasteiger partial charge >= 0.3 is 0 Å². The second-order valence-electron chi connectivity index (χ2n) is 5.88. The Morgan fingerprint density at radius 3 is 2.83 bits per heavy atom. The molecule has 8 heteroatoms. The molecule has 0 aliphatic heterocycles. The number of fused-ring (bicyclic) bond motifs is 1. The predicted octanol–water partition coefficient (Wildman–Crippen LogP) is 2.38. The van der Waals surface area contributed by atoms with Crippen LogP contribution in [0.3, 0.4) is 0 Å². The van der Waals surface area contributed by atoms with Crippen molar-refractivity contribution in [3.05, 3.63) is 18.3 Å². The number of H-pyrrole nitrogens is 1. The number of aromatic nitrogens is 4. The highest BCUT2D eigenvalue weighted by Gasteiger charge is 2.21. The summed E-state index contributed by atoms with van der Waals surface area (Å²) in [4.78, 5) is 9.78. The molecule has 1 aliphatic rings. The van der Waals surface area contributed by atoms with E-state index in [-0.39, 0.29) is 12.1 Å². The number of aliphatic hydroxyl groups excluding tert-OH is 1. The standard InChI is InChI=1S/C15H18N6OS/c16-15-19-11-7-12(10-5-6-17-21-10)23-13(11)14(20-15)18-8-1-3-9(22)4-2-8/h5-9,22H,1-4H2,(H,17,21)(H3,16,18,19,20). The molecule has 4 rings (SSSR count). The van der Waals surface area contributed by atoms with Crippen LogP contribution in [0.25, 0.3) is 20.8 Å². The third-order valence-electron chi connectivity index (χ3n) is 4.19. The molecule has 1 fully saturated rings. The Morgan fingerprint density at radius 2 is 2.09 bits per heavy atom. The van der Waals surface area contributed by atoms with Gasteiger partial charge in [0.05, 0.1) is 26.9 Å². The number of nitrogens with zero attached hydrogens (tertiary/aromatic N) is 3. The van der Waals surface area contributed by atoms with Crippen LogP contribution >= 0.6 is 11.3 Å². The van der Waals surface area contributed by atoms with Gasteiger partial charge in [0.15, 0.2) is 0 Å². The topological polar surface area (TPSA) is 113 Å². The maximum absolute atomic E-state index is 9.64. The number of nitrogens with two attached hydrogens (primary N) is 1. The summed E-state index contributed by atoms with van der Waals surface area (Å²) in [6.45, 7) is 0. The molecule has 0 radical (unpaired) electrons. The Morgan fingerprint density at radius 1 is 1.26 bits per heavy atom. The van der Waals surface area contributed by atoms with Gasteiger partial charge in [0.1, 0.15) is 5.82 Å². The van der Waals surface area contributed by atoms with Gasteiger partial charge in [0.25, 0.3) is 0 Å². The zero-order valence-electron chi connectivity index (χ0n) is 12.5. The average Bonchev–Trinajstić information content (AvgIpc) is 3.18. The van der Waals surface area contributed by atoms with Gasteiger partial charge in [0, 0.05) is 12.2 Å². The predicted molar refractivity (Wildman–Crippen MR) is 91.3 cm³/mol. The normalized spacial score (nSPS) is 21.6. The number of nitrogens with one attached hydrogen (secondary N) is 2. The number of hydrogen-bond donors (Lipinski definition) is 4. The van der Waals surface area contributed by atoms with E-state index in [1.165, 1.54) is 0 Å². The molecule has 3 aromatic rings. The monoisotopic (exact) mass is 330 g/mol. The minimum Gasteiger partial charge on any atom is -0.393 e. The van der Waals surface area contributed by atoms with Crippen LogP contribution in [0.5, 0.6) is 0 Å². The van der Waals surface area contributed by atoms with E-state index in [2.05, 4.69) is 25.5 Å². The molecule has 7 nitrogen and oxygen atoms in total. The Hall–Kier alpha value is -2.19.